The Morgan fingerprint density at radius 1 is 0.800 bits per heavy atom. The molecule has 0 unspecified atom stereocenters. The van der Waals surface area contributed by atoms with Crippen LogP contribution in [0.4, 0.5) is 11.4 Å². The lowest BCUT2D eigenvalue weighted by atomic mass is 10.0. The molecule has 150 valence electrons. The number of nitrogens with zero attached hydrogens (tertiary/aromatic N) is 1. The molecule has 3 rings (SSSR count). The van der Waals surface area contributed by atoms with Gasteiger partial charge < -0.3 is 4.90 Å². The molecule has 3 aromatic rings. The first-order chi connectivity index (χ1) is 14.7. The molecule has 0 saturated heterocycles. The Labute approximate surface area is 181 Å². The van der Waals surface area contributed by atoms with E-state index < -0.39 is 0 Å². The molecule has 3 aromatic carbocycles. The van der Waals surface area contributed by atoms with Crippen molar-refractivity contribution in [2.75, 3.05) is 4.90 Å². The van der Waals surface area contributed by atoms with Crippen LogP contribution in [0.5, 0.6) is 0 Å². The van der Waals surface area contributed by atoms with Gasteiger partial charge in [0, 0.05) is 17.1 Å². The van der Waals surface area contributed by atoms with Gasteiger partial charge in [0.2, 0.25) is 0 Å². The van der Waals surface area contributed by atoms with Crippen molar-refractivity contribution in [3.05, 3.63) is 134 Å². The second-order valence-electron chi connectivity index (χ2n) is 7.09. The first-order valence-electron chi connectivity index (χ1n) is 10.4. The van der Waals surface area contributed by atoms with Crippen LogP contribution in [0, 0.1) is 0 Å². The molecule has 0 aromatic heterocycles. The Hall–Kier alpha value is -3.58. The average molecular weight is 392 g/mol. The van der Waals surface area contributed by atoms with E-state index in [4.69, 9.17) is 0 Å². The van der Waals surface area contributed by atoms with E-state index in [-0.39, 0.29) is 0 Å². The number of hydrogen-bond acceptors (Lipinski definition) is 1. The molecule has 0 bridgehead atoms. The third kappa shape index (κ3) is 5.48. The van der Waals surface area contributed by atoms with Gasteiger partial charge in [0.25, 0.3) is 0 Å². The third-order valence-electron chi connectivity index (χ3n) is 4.88. The molecule has 0 amide bonds. The van der Waals surface area contributed by atoms with E-state index in [1.165, 1.54) is 11.1 Å². The summed E-state index contributed by atoms with van der Waals surface area (Å²) in [7, 11) is 0. The van der Waals surface area contributed by atoms with Crippen LogP contribution >= 0.6 is 0 Å². The summed E-state index contributed by atoms with van der Waals surface area (Å²) in [6, 6.07) is 29.7. The van der Waals surface area contributed by atoms with Crippen LogP contribution in [0.2, 0.25) is 0 Å². The van der Waals surface area contributed by atoms with Crippen molar-refractivity contribution in [2.24, 2.45) is 0 Å². The standard InChI is InChI=1S/C29H29N/c1-4-13-27(19-12-14-24(3)5-2)30(28-17-10-7-11-18-28)29-22-20-26(21-23-29)25-15-8-6-9-16-25/h5-13,15-23H,2-4,14H2,1H3/b19-12-,27-13+. The topological polar surface area (TPSA) is 3.24 Å². The average Bonchev–Trinajstić information content (AvgIpc) is 2.81. The highest BCUT2D eigenvalue weighted by atomic mass is 15.1. The molecule has 0 spiro atoms. The van der Waals surface area contributed by atoms with Crippen molar-refractivity contribution in [1.82, 2.24) is 0 Å². The van der Waals surface area contributed by atoms with Crippen LogP contribution in [0.3, 0.4) is 0 Å². The Balaban J connectivity index is 1.99. The highest BCUT2D eigenvalue weighted by Gasteiger charge is 2.12. The zero-order valence-electron chi connectivity index (χ0n) is 17.7. The van der Waals surface area contributed by atoms with Gasteiger partial charge in [-0.05, 0) is 54.3 Å². The van der Waals surface area contributed by atoms with Crippen molar-refractivity contribution in [1.29, 1.82) is 0 Å². The first-order valence-corrected chi connectivity index (χ1v) is 10.4. The smallest absolute Gasteiger partial charge is 0.0461 e. The molecule has 0 fully saturated rings. The van der Waals surface area contributed by atoms with Crippen molar-refractivity contribution in [3.63, 3.8) is 0 Å². The fraction of sp³-hybridized carbons (Fsp3) is 0.103. The normalized spacial score (nSPS) is 11.4. The largest absolute Gasteiger partial charge is 0.311 e. The summed E-state index contributed by atoms with van der Waals surface area (Å²) in [4.78, 5) is 2.30. The molecule has 0 radical (unpaired) electrons. The van der Waals surface area contributed by atoms with Crippen LogP contribution in [-0.4, -0.2) is 0 Å². The van der Waals surface area contributed by atoms with Gasteiger partial charge in [0.15, 0.2) is 0 Å². The maximum atomic E-state index is 4.01. The summed E-state index contributed by atoms with van der Waals surface area (Å²) in [5, 5.41) is 0. The van der Waals surface area contributed by atoms with Crippen LogP contribution in [0.15, 0.2) is 134 Å². The van der Waals surface area contributed by atoms with E-state index in [1.807, 2.05) is 18.2 Å². The molecule has 0 atom stereocenters. The molecule has 0 aliphatic carbocycles. The van der Waals surface area contributed by atoms with E-state index >= 15 is 0 Å². The summed E-state index contributed by atoms with van der Waals surface area (Å²) in [5.41, 5.74) is 6.87. The number of benzene rings is 3. The molecular formula is C29H29N. The van der Waals surface area contributed by atoms with Crippen molar-refractivity contribution in [2.45, 2.75) is 19.8 Å². The minimum absolute atomic E-state index is 0.792. The van der Waals surface area contributed by atoms with E-state index in [0.717, 1.165) is 35.5 Å². The SMILES string of the molecule is C=CC(=C)C/C=C\C(=C/CC)N(c1ccccc1)c1ccc(-c2ccccc2)cc1. The number of hydrogen-bond donors (Lipinski definition) is 0. The second-order valence-corrected chi connectivity index (χ2v) is 7.09. The number of rotatable bonds is 9. The summed E-state index contributed by atoms with van der Waals surface area (Å²) in [5.74, 6) is 0. The fourth-order valence-corrected chi connectivity index (χ4v) is 3.32. The molecule has 0 aliphatic heterocycles. The maximum absolute atomic E-state index is 4.01. The molecular weight excluding hydrogens is 362 g/mol. The van der Waals surface area contributed by atoms with Gasteiger partial charge in [-0.15, -0.1) is 0 Å². The second kappa shape index (κ2) is 10.8. The van der Waals surface area contributed by atoms with Gasteiger partial charge in [-0.1, -0.05) is 105 Å². The minimum atomic E-state index is 0.792. The summed E-state index contributed by atoms with van der Waals surface area (Å²) >= 11 is 0. The molecule has 0 saturated carbocycles. The molecule has 0 aliphatic rings. The monoisotopic (exact) mass is 391 g/mol. The molecule has 30 heavy (non-hydrogen) atoms. The highest BCUT2D eigenvalue weighted by Crippen LogP contribution is 2.32. The predicted octanol–water partition coefficient (Wildman–Crippen LogP) is 8.47. The lowest BCUT2D eigenvalue weighted by Gasteiger charge is -2.27. The maximum Gasteiger partial charge on any atom is 0.0461 e. The Kier molecular flexibility index (Phi) is 7.63. The number of allylic oxidation sites excluding steroid dienone is 5. The highest BCUT2D eigenvalue weighted by molar-refractivity contribution is 5.73. The number of anilines is 2. The van der Waals surface area contributed by atoms with Gasteiger partial charge in [0.1, 0.15) is 0 Å². The summed E-state index contributed by atoms with van der Waals surface area (Å²) in [6.07, 6.45) is 10.1. The van der Waals surface area contributed by atoms with Crippen LogP contribution in [0.1, 0.15) is 19.8 Å². The van der Waals surface area contributed by atoms with Crippen molar-refractivity contribution < 1.29 is 0 Å². The Morgan fingerprint density at radius 2 is 1.37 bits per heavy atom. The van der Waals surface area contributed by atoms with Crippen molar-refractivity contribution in [3.8, 4) is 11.1 Å². The van der Waals surface area contributed by atoms with Gasteiger partial charge >= 0.3 is 0 Å². The lowest BCUT2D eigenvalue weighted by Crippen LogP contribution is -2.15. The van der Waals surface area contributed by atoms with E-state index in [9.17, 15) is 0 Å². The number of para-hydroxylation sites is 1. The molecule has 0 N–H and O–H groups in total. The third-order valence-corrected chi connectivity index (χ3v) is 4.88. The Bertz CT molecular complexity index is 1010. The van der Waals surface area contributed by atoms with Gasteiger partial charge in [0.05, 0.1) is 0 Å². The molecule has 0 heterocycles. The first kappa shape index (κ1) is 21.1. The van der Waals surface area contributed by atoms with Crippen LogP contribution in [0.25, 0.3) is 11.1 Å². The summed E-state index contributed by atoms with van der Waals surface area (Å²) in [6.45, 7) is 9.98. The quantitative estimate of drug-likeness (QED) is 0.331. The zero-order chi connectivity index (χ0) is 21.2. The summed E-state index contributed by atoms with van der Waals surface area (Å²) < 4.78 is 0. The molecule has 1 heteroatoms. The fourth-order valence-electron chi connectivity index (χ4n) is 3.32. The van der Waals surface area contributed by atoms with E-state index in [0.29, 0.717) is 0 Å². The van der Waals surface area contributed by atoms with Crippen molar-refractivity contribution >= 4 is 11.4 Å². The zero-order valence-corrected chi connectivity index (χ0v) is 17.7. The minimum Gasteiger partial charge on any atom is -0.311 e. The van der Waals surface area contributed by atoms with Crippen LogP contribution < -0.4 is 4.90 Å². The lowest BCUT2D eigenvalue weighted by molar-refractivity contribution is 1.13. The van der Waals surface area contributed by atoms with Crippen LogP contribution in [-0.2, 0) is 0 Å². The van der Waals surface area contributed by atoms with Gasteiger partial charge in [-0.3, -0.25) is 0 Å². The Morgan fingerprint density at radius 3 is 1.97 bits per heavy atom. The van der Waals surface area contributed by atoms with E-state index in [2.05, 4.69) is 116 Å². The van der Waals surface area contributed by atoms with Gasteiger partial charge in [-0.25, -0.2) is 0 Å². The molecule has 1 nitrogen and oxygen atoms in total. The van der Waals surface area contributed by atoms with Gasteiger partial charge in [-0.2, -0.15) is 0 Å². The van der Waals surface area contributed by atoms with E-state index in [1.54, 1.807) is 0 Å². The predicted molar refractivity (Wildman–Crippen MR) is 132 cm³/mol.